The van der Waals surface area contributed by atoms with Crippen LogP contribution in [0.25, 0.3) is 0 Å². The van der Waals surface area contributed by atoms with Crippen LogP contribution < -0.4 is 10.2 Å². The predicted octanol–water partition coefficient (Wildman–Crippen LogP) is 3.84. The molecule has 0 saturated carbocycles. The SMILES string of the molecule is Clc1ccc(C2(CNc3cc(N4CCSCC4)ncn3)CCOCC2)cc1. The van der Waals surface area contributed by atoms with Crippen LogP contribution in [0.15, 0.2) is 36.7 Å². The summed E-state index contributed by atoms with van der Waals surface area (Å²) in [5.41, 5.74) is 1.35. The highest BCUT2D eigenvalue weighted by Gasteiger charge is 2.34. The van der Waals surface area contributed by atoms with Gasteiger partial charge in [-0.1, -0.05) is 23.7 Å². The summed E-state index contributed by atoms with van der Waals surface area (Å²) >= 11 is 8.10. The second kappa shape index (κ2) is 8.67. The number of nitrogens with zero attached hydrogens (tertiary/aromatic N) is 3. The first-order valence-corrected chi connectivity index (χ1v) is 11.0. The third-order valence-corrected chi connectivity index (χ3v) is 6.70. The molecule has 1 aromatic carbocycles. The molecule has 3 heterocycles. The number of rotatable bonds is 5. The summed E-state index contributed by atoms with van der Waals surface area (Å²) in [6, 6.07) is 10.3. The van der Waals surface area contributed by atoms with Gasteiger partial charge in [-0.3, -0.25) is 0 Å². The quantitative estimate of drug-likeness (QED) is 0.816. The first-order valence-electron chi connectivity index (χ1n) is 9.48. The van der Waals surface area contributed by atoms with Gasteiger partial charge in [0.15, 0.2) is 0 Å². The van der Waals surface area contributed by atoms with Crippen molar-refractivity contribution in [2.45, 2.75) is 18.3 Å². The topological polar surface area (TPSA) is 50.3 Å². The molecule has 2 saturated heterocycles. The van der Waals surface area contributed by atoms with Crippen LogP contribution in [0, 0.1) is 0 Å². The Labute approximate surface area is 169 Å². The molecule has 0 atom stereocenters. The number of thioether (sulfide) groups is 1. The molecular weight excluding hydrogens is 380 g/mol. The van der Waals surface area contributed by atoms with E-state index in [1.165, 1.54) is 5.56 Å². The molecule has 5 nitrogen and oxygen atoms in total. The van der Waals surface area contributed by atoms with Crippen LogP contribution >= 0.6 is 23.4 Å². The van der Waals surface area contributed by atoms with Crippen LogP contribution in [-0.4, -0.2) is 54.3 Å². The van der Waals surface area contributed by atoms with Crippen molar-refractivity contribution < 1.29 is 4.74 Å². The molecule has 4 rings (SSSR count). The third-order valence-electron chi connectivity index (χ3n) is 5.50. The Morgan fingerprint density at radius 2 is 1.85 bits per heavy atom. The van der Waals surface area contributed by atoms with Gasteiger partial charge < -0.3 is 15.0 Å². The van der Waals surface area contributed by atoms with Gasteiger partial charge in [-0.05, 0) is 30.5 Å². The lowest BCUT2D eigenvalue weighted by atomic mass is 9.74. The lowest BCUT2D eigenvalue weighted by Gasteiger charge is -2.38. The standard InChI is InChI=1S/C20H25ClN4OS/c21-17-3-1-16(2-4-17)20(5-9-26-10-6-20)14-22-18-13-19(24-15-23-18)25-7-11-27-12-8-25/h1-4,13,15H,5-12,14H2,(H,22,23,24). The monoisotopic (exact) mass is 404 g/mol. The van der Waals surface area contributed by atoms with Crippen LogP contribution in [0.5, 0.6) is 0 Å². The minimum Gasteiger partial charge on any atom is -0.381 e. The summed E-state index contributed by atoms with van der Waals surface area (Å²) < 4.78 is 5.63. The van der Waals surface area contributed by atoms with Gasteiger partial charge in [0.05, 0.1) is 0 Å². The zero-order valence-corrected chi connectivity index (χ0v) is 16.9. The van der Waals surface area contributed by atoms with Gasteiger partial charge in [-0.15, -0.1) is 0 Å². The zero-order chi connectivity index (χ0) is 18.5. The Morgan fingerprint density at radius 1 is 1.11 bits per heavy atom. The lowest BCUT2D eigenvalue weighted by Crippen LogP contribution is -2.40. The van der Waals surface area contributed by atoms with Crippen molar-refractivity contribution in [1.29, 1.82) is 0 Å². The van der Waals surface area contributed by atoms with Crippen molar-refractivity contribution in [3.63, 3.8) is 0 Å². The number of anilines is 2. The molecule has 2 fully saturated rings. The number of aromatic nitrogens is 2. The van der Waals surface area contributed by atoms with Gasteiger partial charge in [0.1, 0.15) is 18.0 Å². The average Bonchev–Trinajstić information content (AvgIpc) is 2.74. The number of hydrogen-bond acceptors (Lipinski definition) is 6. The van der Waals surface area contributed by atoms with Crippen LogP contribution in [0.2, 0.25) is 5.02 Å². The van der Waals surface area contributed by atoms with E-state index in [0.717, 1.165) is 73.9 Å². The molecule has 1 N–H and O–H groups in total. The summed E-state index contributed by atoms with van der Waals surface area (Å²) in [5, 5.41) is 4.35. The van der Waals surface area contributed by atoms with E-state index in [2.05, 4.69) is 38.4 Å². The van der Waals surface area contributed by atoms with Crippen molar-refractivity contribution in [2.24, 2.45) is 0 Å². The largest absolute Gasteiger partial charge is 0.381 e. The van der Waals surface area contributed by atoms with E-state index in [1.807, 2.05) is 23.9 Å². The summed E-state index contributed by atoms with van der Waals surface area (Å²) in [4.78, 5) is 11.3. The number of ether oxygens (including phenoxy) is 1. The summed E-state index contributed by atoms with van der Waals surface area (Å²) in [7, 11) is 0. The molecule has 1 aromatic heterocycles. The highest BCUT2D eigenvalue weighted by Crippen LogP contribution is 2.35. The van der Waals surface area contributed by atoms with Crippen molar-refractivity contribution in [3.05, 3.63) is 47.2 Å². The molecule has 0 amide bonds. The van der Waals surface area contributed by atoms with E-state index in [9.17, 15) is 0 Å². The Hall–Kier alpha value is -1.50. The summed E-state index contributed by atoms with van der Waals surface area (Å²) in [5.74, 6) is 4.22. The minimum absolute atomic E-state index is 0.0374. The highest BCUT2D eigenvalue weighted by molar-refractivity contribution is 7.99. The molecule has 2 aliphatic heterocycles. The third kappa shape index (κ3) is 4.50. The molecule has 144 valence electrons. The maximum absolute atomic E-state index is 6.10. The molecule has 2 aromatic rings. The number of halogens is 1. The first kappa shape index (κ1) is 18.8. The zero-order valence-electron chi connectivity index (χ0n) is 15.4. The molecule has 0 aliphatic carbocycles. The van der Waals surface area contributed by atoms with Crippen molar-refractivity contribution in [1.82, 2.24) is 9.97 Å². The highest BCUT2D eigenvalue weighted by atomic mass is 35.5. The second-order valence-corrected chi connectivity index (χ2v) is 8.78. The van der Waals surface area contributed by atoms with Crippen LogP contribution in [0.3, 0.4) is 0 Å². The Bertz CT molecular complexity index is 746. The minimum atomic E-state index is 0.0374. The fourth-order valence-electron chi connectivity index (χ4n) is 3.80. The molecule has 0 unspecified atom stereocenters. The molecule has 7 heteroatoms. The fourth-order valence-corrected chi connectivity index (χ4v) is 4.83. The first-order chi connectivity index (χ1) is 13.3. The van der Waals surface area contributed by atoms with Crippen LogP contribution in [0.1, 0.15) is 18.4 Å². The van der Waals surface area contributed by atoms with Crippen LogP contribution in [0.4, 0.5) is 11.6 Å². The normalized spacial score (nSPS) is 19.7. The van der Waals surface area contributed by atoms with Crippen molar-refractivity contribution >= 4 is 35.0 Å². The molecule has 0 bridgehead atoms. The molecular formula is C20H25ClN4OS. The summed E-state index contributed by atoms with van der Waals surface area (Å²) in [6.45, 7) is 4.49. The smallest absolute Gasteiger partial charge is 0.134 e. The average molecular weight is 405 g/mol. The van der Waals surface area contributed by atoms with E-state index < -0.39 is 0 Å². The van der Waals surface area contributed by atoms with Gasteiger partial charge in [-0.25, -0.2) is 9.97 Å². The van der Waals surface area contributed by atoms with Crippen LogP contribution in [-0.2, 0) is 10.2 Å². The van der Waals surface area contributed by atoms with Gasteiger partial charge in [-0.2, -0.15) is 11.8 Å². The molecule has 0 radical (unpaired) electrons. The predicted molar refractivity (Wildman–Crippen MR) is 113 cm³/mol. The fraction of sp³-hybridized carbons (Fsp3) is 0.500. The molecule has 2 aliphatic rings. The maximum Gasteiger partial charge on any atom is 0.134 e. The maximum atomic E-state index is 6.10. The van der Waals surface area contributed by atoms with Gasteiger partial charge >= 0.3 is 0 Å². The Balaban J connectivity index is 1.50. The van der Waals surface area contributed by atoms with E-state index in [1.54, 1.807) is 6.33 Å². The van der Waals surface area contributed by atoms with Gasteiger partial charge in [0.25, 0.3) is 0 Å². The second-order valence-electron chi connectivity index (χ2n) is 7.11. The Morgan fingerprint density at radius 3 is 2.59 bits per heavy atom. The molecule has 27 heavy (non-hydrogen) atoms. The van der Waals surface area contributed by atoms with Crippen molar-refractivity contribution in [3.8, 4) is 0 Å². The summed E-state index contributed by atoms with van der Waals surface area (Å²) in [6.07, 6.45) is 3.64. The molecule has 0 spiro atoms. The Kier molecular flexibility index (Phi) is 6.05. The number of hydrogen-bond donors (Lipinski definition) is 1. The van der Waals surface area contributed by atoms with E-state index >= 15 is 0 Å². The lowest BCUT2D eigenvalue weighted by molar-refractivity contribution is 0.0543. The number of nitrogens with one attached hydrogen (secondary N) is 1. The van der Waals surface area contributed by atoms with E-state index in [-0.39, 0.29) is 5.41 Å². The number of benzene rings is 1. The van der Waals surface area contributed by atoms with E-state index in [4.69, 9.17) is 16.3 Å². The van der Waals surface area contributed by atoms with Gasteiger partial charge in [0, 0.05) is 60.9 Å². The van der Waals surface area contributed by atoms with E-state index in [0.29, 0.717) is 0 Å². The van der Waals surface area contributed by atoms with Crippen molar-refractivity contribution in [2.75, 3.05) is 54.6 Å². The van der Waals surface area contributed by atoms with Gasteiger partial charge in [0.2, 0.25) is 0 Å².